The second-order valence-corrected chi connectivity index (χ2v) is 2.01. The molecule has 0 amide bonds. The van der Waals surface area contributed by atoms with Gasteiger partial charge in [0.1, 0.15) is 6.21 Å². The third-order valence-electron chi connectivity index (χ3n) is 1.16. The van der Waals surface area contributed by atoms with E-state index in [1.54, 1.807) is 0 Å². The minimum atomic E-state index is 1.26. The summed E-state index contributed by atoms with van der Waals surface area (Å²) >= 11 is 0. The summed E-state index contributed by atoms with van der Waals surface area (Å²) in [6.45, 7) is 4.82. The molecular formula is C6H12N+. The topological polar surface area (TPSA) is 3.01 Å². The lowest BCUT2D eigenvalue weighted by Crippen LogP contribution is -1.80. The standard InChI is InChI=1S/C6H12N/c1-2-3-4-7-5-6-7/h4H,2-3,5-6H2,1H3/q+1. The molecule has 1 heteroatoms. The van der Waals surface area contributed by atoms with Gasteiger partial charge in [0, 0.05) is 6.42 Å². The Bertz CT molecular complexity index is 78.2. The van der Waals surface area contributed by atoms with Gasteiger partial charge in [-0.15, -0.1) is 0 Å². The van der Waals surface area contributed by atoms with Crippen molar-refractivity contribution in [1.29, 1.82) is 0 Å². The average molecular weight is 98.2 g/mol. The Labute approximate surface area is 44.7 Å². The van der Waals surface area contributed by atoms with Crippen LogP contribution in [0.3, 0.4) is 0 Å². The molecule has 0 unspecified atom stereocenters. The van der Waals surface area contributed by atoms with Crippen LogP contribution in [-0.4, -0.2) is 23.9 Å². The van der Waals surface area contributed by atoms with E-state index in [9.17, 15) is 0 Å². The number of unbranched alkanes of at least 4 members (excludes halogenated alkanes) is 1. The fourth-order valence-corrected chi connectivity index (χ4v) is 0.552. The van der Waals surface area contributed by atoms with Gasteiger partial charge in [-0.2, -0.15) is 0 Å². The molecule has 0 atom stereocenters. The molecule has 1 aliphatic heterocycles. The van der Waals surface area contributed by atoms with Gasteiger partial charge in [-0.25, -0.2) is 4.58 Å². The van der Waals surface area contributed by atoms with Crippen LogP contribution in [0.2, 0.25) is 0 Å². The Morgan fingerprint density at radius 3 is 2.71 bits per heavy atom. The van der Waals surface area contributed by atoms with E-state index in [1.165, 1.54) is 25.9 Å². The van der Waals surface area contributed by atoms with Gasteiger partial charge in [0.05, 0.1) is 0 Å². The number of hydrogen-bond acceptors (Lipinski definition) is 0. The molecule has 0 aromatic heterocycles. The Kier molecular flexibility index (Phi) is 1.45. The van der Waals surface area contributed by atoms with Crippen molar-refractivity contribution in [3.05, 3.63) is 0 Å². The summed E-state index contributed by atoms with van der Waals surface area (Å²) in [4.78, 5) is 0. The van der Waals surface area contributed by atoms with Crippen molar-refractivity contribution in [3.63, 3.8) is 0 Å². The molecule has 1 aliphatic rings. The SMILES string of the molecule is CCCC=[N+]1CC1. The van der Waals surface area contributed by atoms with E-state index in [2.05, 4.69) is 17.7 Å². The summed E-state index contributed by atoms with van der Waals surface area (Å²) in [5.74, 6) is 0. The fourth-order valence-electron chi connectivity index (χ4n) is 0.552. The maximum Gasteiger partial charge on any atom is 0.200 e. The Hall–Kier alpha value is -0.330. The summed E-state index contributed by atoms with van der Waals surface area (Å²) in [5.41, 5.74) is 0. The highest BCUT2D eigenvalue weighted by atomic mass is 15.1. The van der Waals surface area contributed by atoms with Crippen molar-refractivity contribution < 1.29 is 4.58 Å². The third-order valence-corrected chi connectivity index (χ3v) is 1.16. The third kappa shape index (κ3) is 1.72. The van der Waals surface area contributed by atoms with Crippen molar-refractivity contribution >= 4 is 6.21 Å². The summed E-state index contributed by atoms with van der Waals surface area (Å²) in [7, 11) is 0. The van der Waals surface area contributed by atoms with Gasteiger partial charge < -0.3 is 0 Å². The van der Waals surface area contributed by atoms with Crippen LogP contribution in [0.15, 0.2) is 0 Å². The molecule has 0 saturated carbocycles. The second kappa shape index (κ2) is 2.10. The van der Waals surface area contributed by atoms with Gasteiger partial charge in [0.2, 0.25) is 13.1 Å². The lowest BCUT2D eigenvalue weighted by atomic mass is 10.4. The van der Waals surface area contributed by atoms with E-state index >= 15 is 0 Å². The molecule has 1 fully saturated rings. The van der Waals surface area contributed by atoms with Gasteiger partial charge in [-0.1, -0.05) is 6.92 Å². The van der Waals surface area contributed by atoms with E-state index in [0.717, 1.165) is 0 Å². The van der Waals surface area contributed by atoms with Crippen LogP contribution in [0.5, 0.6) is 0 Å². The minimum Gasteiger partial charge on any atom is -0.227 e. The molecule has 1 nitrogen and oxygen atoms in total. The van der Waals surface area contributed by atoms with Crippen LogP contribution in [0, 0.1) is 0 Å². The quantitative estimate of drug-likeness (QED) is 0.356. The van der Waals surface area contributed by atoms with Crippen LogP contribution < -0.4 is 0 Å². The first-order chi connectivity index (χ1) is 3.43. The summed E-state index contributed by atoms with van der Waals surface area (Å²) in [5, 5.41) is 0. The molecule has 1 heterocycles. The Balaban J connectivity index is 2.07. The maximum absolute atomic E-state index is 2.34. The highest BCUT2D eigenvalue weighted by Crippen LogP contribution is 1.91. The first kappa shape index (κ1) is 4.82. The molecule has 0 aliphatic carbocycles. The molecule has 7 heavy (non-hydrogen) atoms. The zero-order valence-electron chi connectivity index (χ0n) is 4.85. The molecule has 0 N–H and O–H groups in total. The lowest BCUT2D eigenvalue weighted by Gasteiger charge is -1.72. The zero-order valence-corrected chi connectivity index (χ0v) is 4.85. The highest BCUT2D eigenvalue weighted by molar-refractivity contribution is 5.51. The van der Waals surface area contributed by atoms with Crippen molar-refractivity contribution in [2.24, 2.45) is 0 Å². The normalized spacial score (nSPS) is 17.0. The zero-order chi connectivity index (χ0) is 5.11. The fraction of sp³-hybridized carbons (Fsp3) is 0.833. The smallest absolute Gasteiger partial charge is 0.200 e. The molecule has 0 bridgehead atoms. The molecule has 1 rings (SSSR count). The number of nitrogens with zero attached hydrogens (tertiary/aromatic N) is 1. The Morgan fingerprint density at radius 1 is 1.57 bits per heavy atom. The van der Waals surface area contributed by atoms with Crippen LogP contribution in [0.25, 0.3) is 0 Å². The summed E-state index contributed by atoms with van der Waals surface area (Å²) < 4.78 is 2.34. The van der Waals surface area contributed by atoms with Gasteiger partial charge in [0.25, 0.3) is 0 Å². The van der Waals surface area contributed by atoms with Crippen LogP contribution in [-0.2, 0) is 0 Å². The van der Waals surface area contributed by atoms with Crippen LogP contribution >= 0.6 is 0 Å². The van der Waals surface area contributed by atoms with Gasteiger partial charge in [0.15, 0.2) is 0 Å². The molecule has 0 aromatic rings. The van der Waals surface area contributed by atoms with Gasteiger partial charge in [-0.05, 0) is 6.42 Å². The second-order valence-electron chi connectivity index (χ2n) is 2.01. The van der Waals surface area contributed by atoms with Crippen molar-refractivity contribution in [1.82, 2.24) is 0 Å². The van der Waals surface area contributed by atoms with E-state index < -0.39 is 0 Å². The van der Waals surface area contributed by atoms with E-state index in [1.807, 2.05) is 0 Å². The van der Waals surface area contributed by atoms with E-state index in [0.29, 0.717) is 0 Å². The predicted octanol–water partition coefficient (Wildman–Crippen LogP) is 0.883. The summed E-state index contributed by atoms with van der Waals surface area (Å²) in [6, 6.07) is 0. The molecule has 40 valence electrons. The maximum atomic E-state index is 2.34. The van der Waals surface area contributed by atoms with Crippen molar-refractivity contribution in [3.8, 4) is 0 Å². The Morgan fingerprint density at radius 2 is 2.29 bits per heavy atom. The molecule has 1 saturated heterocycles. The van der Waals surface area contributed by atoms with Crippen molar-refractivity contribution in [2.45, 2.75) is 19.8 Å². The van der Waals surface area contributed by atoms with Gasteiger partial charge in [-0.3, -0.25) is 0 Å². The van der Waals surface area contributed by atoms with E-state index in [4.69, 9.17) is 0 Å². The monoisotopic (exact) mass is 98.1 g/mol. The van der Waals surface area contributed by atoms with Crippen molar-refractivity contribution in [2.75, 3.05) is 13.1 Å². The van der Waals surface area contributed by atoms with Gasteiger partial charge >= 0.3 is 0 Å². The van der Waals surface area contributed by atoms with Crippen LogP contribution in [0.1, 0.15) is 19.8 Å². The lowest BCUT2D eigenvalue weighted by molar-refractivity contribution is -0.331. The highest BCUT2D eigenvalue weighted by Gasteiger charge is 2.18. The van der Waals surface area contributed by atoms with Crippen LogP contribution in [0.4, 0.5) is 0 Å². The predicted molar refractivity (Wildman–Crippen MR) is 31.0 cm³/mol. The first-order valence-electron chi connectivity index (χ1n) is 3.01. The van der Waals surface area contributed by atoms with E-state index in [-0.39, 0.29) is 0 Å². The average Bonchev–Trinajstić information content (AvgIpc) is 2.42. The first-order valence-corrected chi connectivity index (χ1v) is 3.01. The largest absolute Gasteiger partial charge is 0.227 e. The number of rotatable bonds is 2. The summed E-state index contributed by atoms with van der Waals surface area (Å²) in [6.07, 6.45) is 4.84. The molecular weight excluding hydrogens is 86.1 g/mol. The minimum absolute atomic E-state index is 1.26. The molecule has 0 radical (unpaired) electrons. The molecule has 0 spiro atoms. The molecule has 0 aromatic carbocycles. The number of hydrogen-bond donors (Lipinski definition) is 0.